The smallest absolute Gasteiger partial charge is 0.186 e. The van der Waals surface area contributed by atoms with Gasteiger partial charge in [-0.05, 0) is 18.2 Å². The highest BCUT2D eigenvalue weighted by Gasteiger charge is 2.26. The molecule has 0 spiro atoms. The van der Waals surface area contributed by atoms with Crippen LogP contribution in [0, 0.1) is 0 Å². The van der Waals surface area contributed by atoms with Gasteiger partial charge >= 0.3 is 0 Å². The van der Waals surface area contributed by atoms with Crippen molar-refractivity contribution in [1.82, 2.24) is 0 Å². The third-order valence-corrected chi connectivity index (χ3v) is 2.45. The monoisotopic (exact) mass is 232 g/mol. The van der Waals surface area contributed by atoms with Gasteiger partial charge in [0.25, 0.3) is 0 Å². The Bertz CT molecular complexity index is 507. The van der Waals surface area contributed by atoms with Gasteiger partial charge < -0.3 is 20.4 Å². The van der Waals surface area contributed by atoms with Crippen molar-refractivity contribution in [3.8, 4) is 5.75 Å². The van der Waals surface area contributed by atoms with E-state index in [4.69, 9.17) is 10.5 Å². The van der Waals surface area contributed by atoms with Crippen LogP contribution in [0.2, 0.25) is 0 Å². The van der Waals surface area contributed by atoms with Gasteiger partial charge in [-0.3, -0.25) is 4.79 Å². The van der Waals surface area contributed by atoms with E-state index >= 15 is 0 Å². The highest BCUT2D eigenvalue weighted by atomic mass is 16.5. The molecular formula is C12H10NO4-. The maximum atomic E-state index is 11.7. The maximum absolute atomic E-state index is 11.7. The molecule has 1 heterocycles. The minimum Gasteiger partial charge on any atom is -0.545 e. The summed E-state index contributed by atoms with van der Waals surface area (Å²) in [5.41, 5.74) is 6.47. The van der Waals surface area contributed by atoms with Crippen molar-refractivity contribution in [3.63, 3.8) is 0 Å². The maximum Gasteiger partial charge on any atom is 0.186 e. The first kappa shape index (κ1) is 11.3. The molecule has 1 atom stereocenters. The van der Waals surface area contributed by atoms with Gasteiger partial charge in [0, 0.05) is 5.56 Å². The lowest BCUT2D eigenvalue weighted by atomic mass is 9.98. The lowest BCUT2D eigenvalue weighted by Gasteiger charge is -2.22. The molecule has 0 saturated heterocycles. The number of hydrogen-bond donors (Lipinski definition) is 1. The van der Waals surface area contributed by atoms with Gasteiger partial charge in [0.2, 0.25) is 0 Å². The van der Waals surface area contributed by atoms with Crippen molar-refractivity contribution >= 4 is 17.8 Å². The number of nitrogens with two attached hydrogens (primary N) is 1. The predicted molar refractivity (Wildman–Crippen MR) is 58.3 cm³/mol. The van der Waals surface area contributed by atoms with Gasteiger partial charge in [-0.2, -0.15) is 0 Å². The number of carbonyl (C=O) groups is 2. The molecule has 0 saturated carbocycles. The first-order valence-corrected chi connectivity index (χ1v) is 5.04. The fourth-order valence-corrected chi connectivity index (χ4v) is 1.65. The number of rotatable bonds is 2. The molecule has 0 radical (unpaired) electrons. The molecule has 2 rings (SSSR count). The quantitative estimate of drug-likeness (QED) is 0.684. The van der Waals surface area contributed by atoms with Crippen LogP contribution < -0.4 is 15.6 Å². The van der Waals surface area contributed by atoms with Crippen LogP contribution in [0.5, 0.6) is 5.75 Å². The molecule has 0 aromatic heterocycles. The van der Waals surface area contributed by atoms with Gasteiger partial charge in [0.1, 0.15) is 18.4 Å². The number of para-hydroxylation sites is 1. The number of carbonyl (C=O) groups excluding carboxylic acids is 2. The molecule has 2 N–H and O–H groups in total. The number of fused-ring (bicyclic) bond motifs is 1. The van der Waals surface area contributed by atoms with Crippen molar-refractivity contribution in [1.29, 1.82) is 0 Å². The average Bonchev–Trinajstić information content (AvgIpc) is 2.31. The van der Waals surface area contributed by atoms with Crippen LogP contribution in [-0.4, -0.2) is 24.4 Å². The van der Waals surface area contributed by atoms with E-state index in [-0.39, 0.29) is 12.4 Å². The van der Waals surface area contributed by atoms with E-state index in [0.717, 1.165) is 6.08 Å². The highest BCUT2D eigenvalue weighted by molar-refractivity contribution is 6.04. The van der Waals surface area contributed by atoms with Gasteiger partial charge in [-0.1, -0.05) is 12.1 Å². The minimum absolute atomic E-state index is 0.0992. The number of Topliss-reactive ketones (excluding diaryl/α,β-unsaturated/α-hetero) is 1. The lowest BCUT2D eigenvalue weighted by Crippen LogP contribution is -2.40. The fourth-order valence-electron chi connectivity index (χ4n) is 1.65. The zero-order valence-corrected chi connectivity index (χ0v) is 8.88. The van der Waals surface area contributed by atoms with Gasteiger partial charge in [-0.15, -0.1) is 0 Å². The molecule has 5 nitrogen and oxygen atoms in total. The number of benzene rings is 1. The van der Waals surface area contributed by atoms with Crippen molar-refractivity contribution in [2.45, 2.75) is 6.04 Å². The number of ether oxygens (including phenoxy) is 1. The Kier molecular flexibility index (Phi) is 2.93. The molecular weight excluding hydrogens is 222 g/mol. The van der Waals surface area contributed by atoms with E-state index in [9.17, 15) is 14.7 Å². The molecule has 1 unspecified atom stereocenters. The first-order chi connectivity index (χ1) is 8.09. The normalized spacial score (nSPS) is 18.9. The van der Waals surface area contributed by atoms with Crippen LogP contribution in [0.1, 0.15) is 15.9 Å². The van der Waals surface area contributed by atoms with Crippen LogP contribution >= 0.6 is 0 Å². The molecule has 0 aliphatic carbocycles. The van der Waals surface area contributed by atoms with Gasteiger partial charge in [0.15, 0.2) is 5.78 Å². The number of hydrogen-bond acceptors (Lipinski definition) is 5. The number of carboxylic acids is 1. The topological polar surface area (TPSA) is 92.4 Å². The van der Waals surface area contributed by atoms with Crippen molar-refractivity contribution in [3.05, 3.63) is 35.4 Å². The predicted octanol–water partition coefficient (Wildman–Crippen LogP) is -0.648. The minimum atomic E-state index is -1.30. The van der Waals surface area contributed by atoms with Crippen molar-refractivity contribution in [2.24, 2.45) is 5.73 Å². The van der Waals surface area contributed by atoms with Crippen LogP contribution in [0.25, 0.3) is 6.08 Å². The molecule has 1 aromatic carbocycles. The summed E-state index contributed by atoms with van der Waals surface area (Å²) < 4.78 is 5.36. The lowest BCUT2D eigenvalue weighted by molar-refractivity contribution is -0.297. The Balaban J connectivity index is 2.44. The van der Waals surface area contributed by atoms with Crippen LogP contribution in [-0.2, 0) is 4.79 Å². The number of carboxylic acid groups (broad SMARTS) is 1. The third-order valence-electron chi connectivity index (χ3n) is 2.45. The summed E-state index contributed by atoms with van der Waals surface area (Å²) in [6.07, 6.45) is 2.22. The molecule has 0 fully saturated rings. The summed E-state index contributed by atoms with van der Waals surface area (Å²) in [6.45, 7) is 0.0992. The van der Waals surface area contributed by atoms with E-state index < -0.39 is 12.0 Å². The Morgan fingerprint density at radius 1 is 1.53 bits per heavy atom. The van der Waals surface area contributed by atoms with Crippen LogP contribution in [0.15, 0.2) is 24.3 Å². The summed E-state index contributed by atoms with van der Waals surface area (Å²) >= 11 is 0. The number of aliphatic carboxylic acids is 1. The van der Waals surface area contributed by atoms with E-state index in [0.29, 0.717) is 16.9 Å². The second-order valence-corrected chi connectivity index (χ2v) is 3.66. The highest BCUT2D eigenvalue weighted by Crippen LogP contribution is 2.29. The van der Waals surface area contributed by atoms with Crippen molar-refractivity contribution in [2.75, 3.05) is 6.61 Å². The SMILES string of the molecule is NC1COc2c(/C=C/C(=O)[O-])cccc2C1=O. The average molecular weight is 232 g/mol. The van der Waals surface area contributed by atoms with E-state index in [1.807, 2.05) is 0 Å². The molecule has 1 aromatic rings. The summed E-state index contributed by atoms with van der Waals surface area (Å²) in [6, 6.07) is 4.24. The number of ketones is 1. The van der Waals surface area contributed by atoms with Crippen LogP contribution in [0.4, 0.5) is 0 Å². The van der Waals surface area contributed by atoms with E-state index in [2.05, 4.69) is 0 Å². The van der Waals surface area contributed by atoms with Crippen molar-refractivity contribution < 1.29 is 19.4 Å². The molecule has 5 heteroatoms. The van der Waals surface area contributed by atoms with Gasteiger partial charge in [-0.25, -0.2) is 0 Å². The second-order valence-electron chi connectivity index (χ2n) is 3.66. The van der Waals surface area contributed by atoms with Gasteiger partial charge in [0.05, 0.1) is 11.5 Å². The molecule has 88 valence electrons. The Hall–Kier alpha value is -2.14. The molecule has 1 aliphatic rings. The summed E-state index contributed by atoms with van der Waals surface area (Å²) in [4.78, 5) is 22.1. The Morgan fingerprint density at radius 2 is 2.29 bits per heavy atom. The standard InChI is InChI=1S/C12H11NO4/c13-9-6-17-12-7(4-5-10(14)15)2-1-3-8(12)11(9)16/h1-5,9H,6,13H2,(H,14,15)/p-1/b5-4+. The van der Waals surface area contributed by atoms with E-state index in [1.54, 1.807) is 18.2 Å². The summed E-state index contributed by atoms with van der Waals surface area (Å²) in [7, 11) is 0. The second kappa shape index (κ2) is 4.39. The molecule has 0 amide bonds. The molecule has 1 aliphatic heterocycles. The Labute approximate surface area is 97.5 Å². The summed E-state index contributed by atoms with van der Waals surface area (Å²) in [5, 5.41) is 10.3. The fraction of sp³-hybridized carbons (Fsp3) is 0.167. The van der Waals surface area contributed by atoms with E-state index in [1.165, 1.54) is 6.08 Å². The largest absolute Gasteiger partial charge is 0.545 e. The zero-order valence-electron chi connectivity index (χ0n) is 8.88. The molecule has 0 bridgehead atoms. The third kappa shape index (κ3) is 2.19. The zero-order chi connectivity index (χ0) is 12.4. The summed E-state index contributed by atoms with van der Waals surface area (Å²) in [5.74, 6) is -1.13. The molecule has 17 heavy (non-hydrogen) atoms. The Morgan fingerprint density at radius 3 is 3.00 bits per heavy atom. The van der Waals surface area contributed by atoms with Crippen LogP contribution in [0.3, 0.4) is 0 Å². The first-order valence-electron chi connectivity index (χ1n) is 5.04.